The van der Waals surface area contributed by atoms with E-state index < -0.39 is 0 Å². The first kappa shape index (κ1) is 16.0. The van der Waals surface area contributed by atoms with Crippen molar-refractivity contribution in [2.24, 2.45) is 0 Å². The zero-order valence-electron chi connectivity index (χ0n) is 13.8. The van der Waals surface area contributed by atoms with Gasteiger partial charge in [-0.2, -0.15) is 0 Å². The van der Waals surface area contributed by atoms with Gasteiger partial charge in [0.15, 0.2) is 0 Å². The Morgan fingerprint density at radius 3 is 2.57 bits per heavy atom. The van der Waals surface area contributed by atoms with Crippen LogP contribution in [-0.2, 0) is 6.54 Å². The molecule has 0 spiro atoms. The van der Waals surface area contributed by atoms with Crippen LogP contribution in [0.1, 0.15) is 57.7 Å². The highest BCUT2D eigenvalue weighted by molar-refractivity contribution is 7.98. The molecule has 1 amide bonds. The van der Waals surface area contributed by atoms with E-state index in [9.17, 15) is 4.79 Å². The molecule has 0 aromatic carbocycles. The van der Waals surface area contributed by atoms with Crippen molar-refractivity contribution in [1.82, 2.24) is 20.4 Å². The second-order valence-corrected chi connectivity index (χ2v) is 6.61. The summed E-state index contributed by atoms with van der Waals surface area (Å²) in [4.78, 5) is 21.7. The van der Waals surface area contributed by atoms with E-state index in [1.165, 1.54) is 11.8 Å². The number of nitrogens with one attached hydrogen (secondary N) is 1. The Bertz CT molecular complexity index is 733. The summed E-state index contributed by atoms with van der Waals surface area (Å²) < 4.78 is 5.12. The number of rotatable bonds is 5. The van der Waals surface area contributed by atoms with Crippen LogP contribution in [0.15, 0.2) is 9.55 Å². The number of hydrogen-bond acceptors (Lipinski definition) is 6. The molecular formula is C16H20N4O2S. The van der Waals surface area contributed by atoms with Crippen LogP contribution in [0, 0.1) is 20.8 Å². The van der Waals surface area contributed by atoms with Gasteiger partial charge in [-0.25, -0.2) is 9.97 Å². The van der Waals surface area contributed by atoms with Crippen LogP contribution in [0.4, 0.5) is 0 Å². The molecule has 1 aliphatic carbocycles. The van der Waals surface area contributed by atoms with Gasteiger partial charge in [0.05, 0.1) is 17.0 Å². The lowest BCUT2D eigenvalue weighted by atomic mass is 10.2. The number of hydrogen-bond donors (Lipinski definition) is 1. The first-order valence-corrected chi connectivity index (χ1v) is 8.86. The van der Waals surface area contributed by atoms with E-state index in [-0.39, 0.29) is 5.91 Å². The van der Waals surface area contributed by atoms with Gasteiger partial charge >= 0.3 is 0 Å². The largest absolute Gasteiger partial charge is 0.361 e. The molecule has 0 saturated heterocycles. The number of carbonyl (C=O) groups excluding carboxylic acids is 1. The third kappa shape index (κ3) is 3.24. The molecular weight excluding hydrogens is 312 g/mol. The molecule has 2 aromatic rings. The van der Waals surface area contributed by atoms with E-state index in [4.69, 9.17) is 4.52 Å². The third-order valence-electron chi connectivity index (χ3n) is 4.04. The van der Waals surface area contributed by atoms with Gasteiger partial charge in [0, 0.05) is 18.0 Å². The molecule has 23 heavy (non-hydrogen) atoms. The number of amides is 1. The molecule has 0 aliphatic heterocycles. The number of carbonyl (C=O) groups is 1. The minimum atomic E-state index is -0.158. The highest BCUT2D eigenvalue weighted by Crippen LogP contribution is 2.39. The van der Waals surface area contributed by atoms with Crippen molar-refractivity contribution >= 4 is 17.7 Å². The molecule has 1 N–H and O–H groups in total. The zero-order chi connectivity index (χ0) is 16.6. The first-order chi connectivity index (χ1) is 11.0. The molecule has 0 radical (unpaired) electrons. The minimum Gasteiger partial charge on any atom is -0.361 e. The van der Waals surface area contributed by atoms with Crippen molar-refractivity contribution < 1.29 is 9.32 Å². The lowest BCUT2D eigenvalue weighted by Crippen LogP contribution is -2.26. The van der Waals surface area contributed by atoms with Crippen LogP contribution in [0.5, 0.6) is 0 Å². The fourth-order valence-electron chi connectivity index (χ4n) is 2.51. The molecule has 1 fully saturated rings. The van der Waals surface area contributed by atoms with Crippen LogP contribution < -0.4 is 5.32 Å². The fourth-order valence-corrected chi connectivity index (χ4v) is 3.14. The van der Waals surface area contributed by atoms with E-state index in [1.54, 1.807) is 0 Å². The Balaban J connectivity index is 1.81. The number of thioether (sulfide) groups is 1. The van der Waals surface area contributed by atoms with E-state index in [0.29, 0.717) is 18.0 Å². The molecule has 1 aliphatic rings. The van der Waals surface area contributed by atoms with Crippen LogP contribution in [0.2, 0.25) is 0 Å². The first-order valence-electron chi connectivity index (χ1n) is 7.63. The summed E-state index contributed by atoms with van der Waals surface area (Å²) in [6.45, 7) is 5.97. The van der Waals surface area contributed by atoms with Crippen LogP contribution in [-0.4, -0.2) is 27.3 Å². The number of aryl methyl sites for hydroxylation is 3. The Hall–Kier alpha value is -1.89. The van der Waals surface area contributed by atoms with Crippen molar-refractivity contribution in [2.75, 3.05) is 6.26 Å². The Morgan fingerprint density at radius 2 is 2.00 bits per heavy atom. The standard InChI is InChI=1S/C16H20N4O2S/c1-8-12(10(3)22-20-8)7-17-15(21)13-9(2)18-14(11-5-6-11)19-16(13)23-4/h11H,5-7H2,1-4H3,(H,17,21). The van der Waals surface area contributed by atoms with Crippen LogP contribution in [0.25, 0.3) is 0 Å². The highest BCUT2D eigenvalue weighted by Gasteiger charge is 2.29. The summed E-state index contributed by atoms with van der Waals surface area (Å²) >= 11 is 1.48. The summed E-state index contributed by atoms with van der Waals surface area (Å²) in [6.07, 6.45) is 4.22. The van der Waals surface area contributed by atoms with Crippen LogP contribution >= 0.6 is 11.8 Å². The molecule has 0 bridgehead atoms. The van der Waals surface area contributed by atoms with Gasteiger partial charge in [0.25, 0.3) is 5.91 Å². The molecule has 0 atom stereocenters. The maximum atomic E-state index is 12.6. The second kappa shape index (κ2) is 6.31. The highest BCUT2D eigenvalue weighted by atomic mass is 32.2. The van der Waals surface area contributed by atoms with Crippen molar-refractivity contribution in [2.45, 2.75) is 51.1 Å². The monoisotopic (exact) mass is 332 g/mol. The summed E-state index contributed by atoms with van der Waals surface area (Å²) in [5.74, 6) is 1.91. The minimum absolute atomic E-state index is 0.158. The molecule has 6 nitrogen and oxygen atoms in total. The summed E-state index contributed by atoms with van der Waals surface area (Å²) in [7, 11) is 0. The molecule has 3 rings (SSSR count). The summed E-state index contributed by atoms with van der Waals surface area (Å²) in [6, 6.07) is 0. The Kier molecular flexibility index (Phi) is 4.39. The van der Waals surface area contributed by atoms with Gasteiger partial charge < -0.3 is 9.84 Å². The average Bonchev–Trinajstić information content (AvgIpc) is 3.32. The lowest BCUT2D eigenvalue weighted by molar-refractivity contribution is 0.0946. The van der Waals surface area contributed by atoms with Gasteiger partial charge in [0.1, 0.15) is 16.6 Å². The quantitative estimate of drug-likeness (QED) is 0.670. The SMILES string of the molecule is CSc1nc(C2CC2)nc(C)c1C(=O)NCc1c(C)noc1C. The molecule has 0 unspecified atom stereocenters. The predicted molar refractivity (Wildman–Crippen MR) is 87.7 cm³/mol. The van der Waals surface area contributed by atoms with E-state index in [0.717, 1.165) is 46.4 Å². The average molecular weight is 332 g/mol. The van der Waals surface area contributed by atoms with E-state index in [1.807, 2.05) is 27.0 Å². The summed E-state index contributed by atoms with van der Waals surface area (Å²) in [5.41, 5.74) is 3.01. The van der Waals surface area contributed by atoms with Crippen molar-refractivity contribution in [3.8, 4) is 0 Å². The van der Waals surface area contributed by atoms with Gasteiger partial charge in [-0.15, -0.1) is 11.8 Å². The van der Waals surface area contributed by atoms with Crippen molar-refractivity contribution in [3.63, 3.8) is 0 Å². The molecule has 7 heteroatoms. The fraction of sp³-hybridized carbons (Fsp3) is 0.500. The normalized spacial score (nSPS) is 14.1. The molecule has 122 valence electrons. The van der Waals surface area contributed by atoms with Gasteiger partial charge in [0.2, 0.25) is 0 Å². The van der Waals surface area contributed by atoms with Crippen LogP contribution in [0.3, 0.4) is 0 Å². The zero-order valence-corrected chi connectivity index (χ0v) is 14.6. The van der Waals surface area contributed by atoms with Gasteiger partial charge in [-0.1, -0.05) is 5.16 Å². The molecule has 2 heterocycles. The number of aromatic nitrogens is 3. The maximum Gasteiger partial charge on any atom is 0.256 e. The number of nitrogens with zero attached hydrogens (tertiary/aromatic N) is 3. The van der Waals surface area contributed by atoms with Crippen molar-refractivity contribution in [3.05, 3.63) is 34.1 Å². The second-order valence-electron chi connectivity index (χ2n) is 5.81. The topological polar surface area (TPSA) is 80.9 Å². The van der Waals surface area contributed by atoms with E-state index >= 15 is 0 Å². The molecule has 1 saturated carbocycles. The van der Waals surface area contributed by atoms with Gasteiger partial charge in [-0.05, 0) is 39.9 Å². The van der Waals surface area contributed by atoms with E-state index in [2.05, 4.69) is 20.4 Å². The summed E-state index contributed by atoms with van der Waals surface area (Å²) in [5, 5.41) is 7.58. The Labute approximate surface area is 139 Å². The smallest absolute Gasteiger partial charge is 0.256 e. The third-order valence-corrected chi connectivity index (χ3v) is 4.73. The van der Waals surface area contributed by atoms with Gasteiger partial charge in [-0.3, -0.25) is 4.79 Å². The molecule has 2 aromatic heterocycles. The van der Waals surface area contributed by atoms with Crippen molar-refractivity contribution in [1.29, 1.82) is 0 Å². The predicted octanol–water partition coefficient (Wildman–Crippen LogP) is 2.92. The maximum absolute atomic E-state index is 12.6. The Morgan fingerprint density at radius 1 is 1.26 bits per heavy atom. The lowest BCUT2D eigenvalue weighted by Gasteiger charge is -2.12.